The number of carbonyl (C=O) groups excluding carboxylic acids is 2. The van der Waals surface area contributed by atoms with Crippen molar-refractivity contribution in [3.05, 3.63) is 53.7 Å². The lowest BCUT2D eigenvalue weighted by molar-refractivity contribution is -0.131. The Morgan fingerprint density at radius 3 is 2.55 bits per heavy atom. The van der Waals surface area contributed by atoms with Crippen LogP contribution in [-0.4, -0.2) is 27.0 Å². The molecule has 0 aliphatic rings. The largest absolute Gasteiger partial charge is 0.460 e. The highest BCUT2D eigenvalue weighted by atomic mass is 16.5. The number of hydrogen-bond acceptors (Lipinski definition) is 5. The van der Waals surface area contributed by atoms with Crippen LogP contribution < -0.4 is 5.32 Å². The fraction of sp³-hybridized carbons (Fsp3) is 0.409. The molecule has 0 fully saturated rings. The molecule has 7 heteroatoms. The first-order valence-electron chi connectivity index (χ1n) is 9.61. The van der Waals surface area contributed by atoms with Gasteiger partial charge in [0.2, 0.25) is 6.10 Å². The van der Waals surface area contributed by atoms with E-state index in [1.807, 2.05) is 52.2 Å². The molecule has 3 aromatic rings. The van der Waals surface area contributed by atoms with Crippen LogP contribution in [0.1, 0.15) is 68.6 Å². The Bertz CT molecular complexity index is 1030. The fourth-order valence-electron chi connectivity index (χ4n) is 3.25. The van der Waals surface area contributed by atoms with E-state index < -0.39 is 23.5 Å². The summed E-state index contributed by atoms with van der Waals surface area (Å²) in [7, 11) is 0. The predicted molar refractivity (Wildman–Crippen MR) is 110 cm³/mol. The Kier molecular flexibility index (Phi) is 5.50. The van der Waals surface area contributed by atoms with E-state index in [1.54, 1.807) is 24.4 Å². The number of amides is 1. The van der Waals surface area contributed by atoms with Crippen LogP contribution in [0.5, 0.6) is 0 Å². The standard InChI is InChI=1S/C22H27N3O4/c1-13(2)25-16-10-14(3)28-18(16)11-17(25)21(27)29-19(15-8-7-9-23-12-15)20(26)24-22(4,5)6/h7-13,19H,1-6H3,(H,24,26). The van der Waals surface area contributed by atoms with E-state index >= 15 is 0 Å². The smallest absolute Gasteiger partial charge is 0.356 e. The summed E-state index contributed by atoms with van der Waals surface area (Å²) in [6.07, 6.45) is 2.01. The molecule has 0 aliphatic heterocycles. The monoisotopic (exact) mass is 397 g/mol. The highest BCUT2D eigenvalue weighted by molar-refractivity contribution is 5.96. The molecular formula is C22H27N3O4. The molecule has 1 N–H and O–H groups in total. The van der Waals surface area contributed by atoms with Gasteiger partial charge in [-0.1, -0.05) is 6.07 Å². The van der Waals surface area contributed by atoms with Gasteiger partial charge in [0.25, 0.3) is 5.91 Å². The van der Waals surface area contributed by atoms with Gasteiger partial charge in [0, 0.05) is 41.7 Å². The van der Waals surface area contributed by atoms with E-state index in [0.717, 1.165) is 11.3 Å². The lowest BCUT2D eigenvalue weighted by Gasteiger charge is -2.25. The Hall–Kier alpha value is -3.09. The van der Waals surface area contributed by atoms with Crippen LogP contribution in [0.25, 0.3) is 11.1 Å². The second kappa shape index (κ2) is 7.73. The topological polar surface area (TPSA) is 86.4 Å². The van der Waals surface area contributed by atoms with Crippen molar-refractivity contribution in [1.82, 2.24) is 14.9 Å². The van der Waals surface area contributed by atoms with E-state index in [-0.39, 0.29) is 6.04 Å². The summed E-state index contributed by atoms with van der Waals surface area (Å²) in [4.78, 5) is 30.0. The van der Waals surface area contributed by atoms with E-state index in [0.29, 0.717) is 16.8 Å². The maximum atomic E-state index is 13.1. The van der Waals surface area contributed by atoms with Gasteiger partial charge in [-0.05, 0) is 47.6 Å². The second-order valence-corrected chi connectivity index (χ2v) is 8.41. The normalized spacial score (nSPS) is 12.9. The van der Waals surface area contributed by atoms with Gasteiger partial charge >= 0.3 is 5.97 Å². The highest BCUT2D eigenvalue weighted by Crippen LogP contribution is 2.29. The predicted octanol–water partition coefficient (Wildman–Crippen LogP) is 4.33. The average Bonchev–Trinajstić information content (AvgIpc) is 3.14. The third-order valence-corrected chi connectivity index (χ3v) is 4.32. The van der Waals surface area contributed by atoms with E-state index in [2.05, 4.69) is 10.3 Å². The Balaban J connectivity index is 1.97. The first kappa shape index (κ1) is 20.6. The molecule has 1 unspecified atom stereocenters. The molecule has 1 amide bonds. The number of esters is 1. The molecular weight excluding hydrogens is 370 g/mol. The van der Waals surface area contributed by atoms with Crippen molar-refractivity contribution in [2.45, 2.75) is 59.2 Å². The molecule has 3 rings (SSSR count). The second-order valence-electron chi connectivity index (χ2n) is 8.41. The Morgan fingerprint density at radius 1 is 1.24 bits per heavy atom. The summed E-state index contributed by atoms with van der Waals surface area (Å²) in [5.74, 6) is -0.233. The molecule has 154 valence electrons. The number of ether oxygens (including phenoxy) is 1. The number of rotatable bonds is 5. The number of nitrogens with zero attached hydrogens (tertiary/aromatic N) is 2. The van der Waals surface area contributed by atoms with Crippen LogP contribution in [0.2, 0.25) is 0 Å². The molecule has 7 nitrogen and oxygen atoms in total. The first-order chi connectivity index (χ1) is 13.6. The quantitative estimate of drug-likeness (QED) is 0.648. The van der Waals surface area contributed by atoms with Crippen molar-refractivity contribution in [1.29, 1.82) is 0 Å². The molecule has 1 atom stereocenters. The number of hydrogen-bond donors (Lipinski definition) is 1. The van der Waals surface area contributed by atoms with Crippen molar-refractivity contribution in [3.8, 4) is 0 Å². The van der Waals surface area contributed by atoms with Gasteiger partial charge in [-0.15, -0.1) is 0 Å². The number of aromatic nitrogens is 2. The molecule has 0 bridgehead atoms. The summed E-state index contributed by atoms with van der Waals surface area (Å²) < 4.78 is 13.2. The maximum Gasteiger partial charge on any atom is 0.356 e. The summed E-state index contributed by atoms with van der Waals surface area (Å²) in [5.41, 5.74) is 1.80. The summed E-state index contributed by atoms with van der Waals surface area (Å²) >= 11 is 0. The molecule has 0 saturated carbocycles. The van der Waals surface area contributed by atoms with Crippen molar-refractivity contribution < 1.29 is 18.7 Å². The van der Waals surface area contributed by atoms with Crippen LogP contribution >= 0.6 is 0 Å². The van der Waals surface area contributed by atoms with Gasteiger partial charge in [0.1, 0.15) is 11.5 Å². The van der Waals surface area contributed by atoms with E-state index in [1.165, 1.54) is 6.20 Å². The van der Waals surface area contributed by atoms with Gasteiger partial charge in [-0.2, -0.15) is 0 Å². The lowest BCUT2D eigenvalue weighted by atomic mass is 10.1. The summed E-state index contributed by atoms with van der Waals surface area (Å²) in [5, 5.41) is 2.87. The molecule has 0 saturated heterocycles. The maximum absolute atomic E-state index is 13.1. The van der Waals surface area contributed by atoms with Crippen molar-refractivity contribution in [3.63, 3.8) is 0 Å². The van der Waals surface area contributed by atoms with Gasteiger partial charge in [-0.25, -0.2) is 4.79 Å². The lowest BCUT2D eigenvalue weighted by Crippen LogP contribution is -2.44. The van der Waals surface area contributed by atoms with Gasteiger partial charge in [0.05, 0.1) is 5.52 Å². The van der Waals surface area contributed by atoms with E-state index in [4.69, 9.17) is 9.15 Å². The molecule has 0 aliphatic carbocycles. The number of nitrogens with one attached hydrogen (secondary N) is 1. The number of fused-ring (bicyclic) bond motifs is 1. The molecule has 0 radical (unpaired) electrons. The van der Waals surface area contributed by atoms with Crippen LogP contribution in [-0.2, 0) is 9.53 Å². The van der Waals surface area contributed by atoms with Crippen LogP contribution in [0.3, 0.4) is 0 Å². The first-order valence-corrected chi connectivity index (χ1v) is 9.61. The van der Waals surface area contributed by atoms with Crippen LogP contribution in [0, 0.1) is 6.92 Å². The average molecular weight is 397 g/mol. The third-order valence-electron chi connectivity index (χ3n) is 4.32. The summed E-state index contributed by atoms with van der Waals surface area (Å²) in [6, 6.07) is 6.97. The molecule has 0 spiro atoms. The third kappa shape index (κ3) is 4.50. The van der Waals surface area contributed by atoms with Gasteiger partial charge in [0.15, 0.2) is 5.58 Å². The van der Waals surface area contributed by atoms with Gasteiger partial charge in [-0.3, -0.25) is 9.78 Å². The molecule has 0 aromatic carbocycles. The number of carbonyl (C=O) groups is 2. The van der Waals surface area contributed by atoms with Crippen LogP contribution in [0.4, 0.5) is 0 Å². The molecule has 3 heterocycles. The van der Waals surface area contributed by atoms with Crippen molar-refractivity contribution in [2.24, 2.45) is 0 Å². The SMILES string of the molecule is Cc1cc2c(cc(C(=O)OC(C(=O)NC(C)(C)C)c3cccnc3)n2C(C)C)o1. The summed E-state index contributed by atoms with van der Waals surface area (Å²) in [6.45, 7) is 11.4. The van der Waals surface area contributed by atoms with E-state index in [9.17, 15) is 9.59 Å². The fourth-order valence-corrected chi connectivity index (χ4v) is 3.25. The minimum absolute atomic E-state index is 0.00675. The van der Waals surface area contributed by atoms with Crippen LogP contribution in [0.15, 0.2) is 41.1 Å². The van der Waals surface area contributed by atoms with Gasteiger partial charge < -0.3 is 19.0 Å². The van der Waals surface area contributed by atoms with Crippen molar-refractivity contribution >= 4 is 23.0 Å². The van der Waals surface area contributed by atoms with Crippen molar-refractivity contribution in [2.75, 3.05) is 0 Å². The Labute approximate surface area is 170 Å². The number of aryl methyl sites for hydroxylation is 1. The zero-order valence-corrected chi connectivity index (χ0v) is 17.6. The minimum atomic E-state index is -1.11. The minimum Gasteiger partial charge on any atom is -0.460 e. The Morgan fingerprint density at radius 2 is 1.97 bits per heavy atom. The molecule has 3 aromatic heterocycles. The molecule has 29 heavy (non-hydrogen) atoms. The number of furan rings is 1. The highest BCUT2D eigenvalue weighted by Gasteiger charge is 2.30. The zero-order valence-electron chi connectivity index (χ0n) is 17.6. The zero-order chi connectivity index (χ0) is 21.3. The number of pyridine rings is 1.